The van der Waals surface area contributed by atoms with E-state index in [1.807, 2.05) is 0 Å². The largest absolute Gasteiger partial charge is 0.381 e. The van der Waals surface area contributed by atoms with Gasteiger partial charge in [0.25, 0.3) is 0 Å². The summed E-state index contributed by atoms with van der Waals surface area (Å²) in [7, 11) is 0. The minimum atomic E-state index is 0.901. The molecule has 3 rings (SSSR count). The van der Waals surface area contributed by atoms with E-state index in [4.69, 9.17) is 4.74 Å². The first-order valence-electron chi connectivity index (χ1n) is 9.49. The summed E-state index contributed by atoms with van der Waals surface area (Å²) < 4.78 is 5.47. The second-order valence-electron chi connectivity index (χ2n) is 7.36. The number of hydrogen-bond donors (Lipinski definition) is 0. The molecule has 0 aromatic carbocycles. The maximum atomic E-state index is 5.47. The molecule has 118 valence electrons. The molecule has 1 heteroatoms. The molecule has 0 unspecified atom stereocenters. The average Bonchev–Trinajstić information content (AvgIpc) is 2.53. The second kappa shape index (κ2) is 9.82. The van der Waals surface area contributed by atoms with Gasteiger partial charge in [-0.25, -0.2) is 0 Å². The average molecular weight is 280 g/mol. The van der Waals surface area contributed by atoms with Gasteiger partial charge >= 0.3 is 0 Å². The van der Waals surface area contributed by atoms with E-state index in [1.54, 1.807) is 25.7 Å². The first-order chi connectivity index (χ1) is 9.91. The summed E-state index contributed by atoms with van der Waals surface area (Å²) in [6, 6.07) is 0. The standard InChI is InChI=1S/C10H20O.C9H16/c1-2-4-6-8-10-11-9-7-5-3-1;1-2-5-9(6-3-1)7-4-8-9/h1-10H2;1-8H2. The summed E-state index contributed by atoms with van der Waals surface area (Å²) in [4.78, 5) is 0. The zero-order valence-corrected chi connectivity index (χ0v) is 13.6. The molecule has 0 aromatic heterocycles. The van der Waals surface area contributed by atoms with Crippen LogP contribution in [-0.4, -0.2) is 13.2 Å². The predicted octanol–water partition coefficient (Wildman–Crippen LogP) is 6.26. The lowest BCUT2D eigenvalue weighted by Gasteiger charge is -2.45. The topological polar surface area (TPSA) is 9.23 Å². The van der Waals surface area contributed by atoms with E-state index in [-0.39, 0.29) is 0 Å². The van der Waals surface area contributed by atoms with Crippen molar-refractivity contribution in [2.45, 2.75) is 103 Å². The van der Waals surface area contributed by atoms with Crippen LogP contribution in [0.4, 0.5) is 0 Å². The summed E-state index contributed by atoms with van der Waals surface area (Å²) in [5.74, 6) is 0. The number of hydrogen-bond acceptors (Lipinski definition) is 1. The molecule has 2 saturated carbocycles. The van der Waals surface area contributed by atoms with Gasteiger partial charge in [-0.15, -0.1) is 0 Å². The quantitative estimate of drug-likeness (QED) is 0.509. The molecule has 0 N–H and O–H groups in total. The Morgan fingerprint density at radius 2 is 0.800 bits per heavy atom. The predicted molar refractivity (Wildman–Crippen MR) is 87.1 cm³/mol. The van der Waals surface area contributed by atoms with Gasteiger partial charge in [-0.2, -0.15) is 0 Å². The zero-order chi connectivity index (χ0) is 13.9. The van der Waals surface area contributed by atoms with Crippen molar-refractivity contribution in [1.29, 1.82) is 0 Å². The molecule has 3 fully saturated rings. The number of ether oxygens (including phenoxy) is 1. The lowest BCUT2D eigenvalue weighted by molar-refractivity contribution is 0.0775. The minimum absolute atomic E-state index is 0.901. The van der Waals surface area contributed by atoms with Gasteiger partial charge in [0.1, 0.15) is 0 Å². The third-order valence-electron chi connectivity index (χ3n) is 5.66. The monoisotopic (exact) mass is 280 g/mol. The van der Waals surface area contributed by atoms with Gasteiger partial charge in [0, 0.05) is 13.2 Å². The number of rotatable bonds is 0. The fraction of sp³-hybridized carbons (Fsp3) is 1.00. The molecule has 1 nitrogen and oxygen atoms in total. The Labute approximate surface area is 126 Å². The van der Waals surface area contributed by atoms with Gasteiger partial charge in [-0.3, -0.25) is 0 Å². The van der Waals surface area contributed by atoms with Gasteiger partial charge in [-0.05, 0) is 43.9 Å². The molecule has 0 atom stereocenters. The Hall–Kier alpha value is -0.0400. The van der Waals surface area contributed by atoms with E-state index < -0.39 is 0 Å². The highest BCUT2D eigenvalue weighted by atomic mass is 16.5. The van der Waals surface area contributed by atoms with Crippen molar-refractivity contribution in [2.24, 2.45) is 5.41 Å². The van der Waals surface area contributed by atoms with Crippen LogP contribution in [-0.2, 0) is 4.74 Å². The van der Waals surface area contributed by atoms with E-state index in [9.17, 15) is 0 Å². The summed E-state index contributed by atoms with van der Waals surface area (Å²) >= 11 is 0. The zero-order valence-electron chi connectivity index (χ0n) is 13.6. The Morgan fingerprint density at radius 1 is 0.400 bits per heavy atom. The highest BCUT2D eigenvalue weighted by molar-refractivity contribution is 4.89. The summed E-state index contributed by atoms with van der Waals surface area (Å²) in [5.41, 5.74) is 0.901. The van der Waals surface area contributed by atoms with Crippen LogP contribution < -0.4 is 0 Å². The third-order valence-corrected chi connectivity index (χ3v) is 5.66. The Bertz CT molecular complexity index is 186. The Morgan fingerprint density at radius 3 is 1.20 bits per heavy atom. The van der Waals surface area contributed by atoms with Crippen molar-refractivity contribution in [3.05, 3.63) is 0 Å². The van der Waals surface area contributed by atoms with Crippen molar-refractivity contribution in [2.75, 3.05) is 13.2 Å². The van der Waals surface area contributed by atoms with Crippen LogP contribution in [0.25, 0.3) is 0 Å². The van der Waals surface area contributed by atoms with Crippen LogP contribution in [0, 0.1) is 5.41 Å². The van der Waals surface area contributed by atoms with Gasteiger partial charge in [0.05, 0.1) is 0 Å². The maximum Gasteiger partial charge on any atom is 0.0466 e. The second-order valence-corrected chi connectivity index (χ2v) is 7.36. The summed E-state index contributed by atoms with van der Waals surface area (Å²) in [6.45, 7) is 2.00. The van der Waals surface area contributed by atoms with Crippen molar-refractivity contribution in [1.82, 2.24) is 0 Å². The third kappa shape index (κ3) is 6.16. The fourth-order valence-electron chi connectivity index (χ4n) is 4.05. The molecular formula is C19H36O. The van der Waals surface area contributed by atoms with Crippen LogP contribution in [0.5, 0.6) is 0 Å². The van der Waals surface area contributed by atoms with Gasteiger partial charge in [0.2, 0.25) is 0 Å². The van der Waals surface area contributed by atoms with Gasteiger partial charge in [0.15, 0.2) is 0 Å². The normalized spacial score (nSPS) is 27.6. The molecule has 0 radical (unpaired) electrons. The van der Waals surface area contributed by atoms with E-state index in [0.29, 0.717) is 0 Å². The highest BCUT2D eigenvalue weighted by Gasteiger charge is 2.37. The molecule has 1 aliphatic heterocycles. The van der Waals surface area contributed by atoms with Crippen LogP contribution in [0.1, 0.15) is 103 Å². The molecule has 1 spiro atoms. The Kier molecular flexibility index (Phi) is 8.02. The highest BCUT2D eigenvalue weighted by Crippen LogP contribution is 2.51. The fourth-order valence-corrected chi connectivity index (χ4v) is 4.05. The molecule has 0 amide bonds. The van der Waals surface area contributed by atoms with Crippen molar-refractivity contribution in [3.8, 4) is 0 Å². The van der Waals surface area contributed by atoms with E-state index in [0.717, 1.165) is 18.6 Å². The lowest BCUT2D eigenvalue weighted by atomic mass is 9.61. The van der Waals surface area contributed by atoms with Gasteiger partial charge < -0.3 is 4.74 Å². The van der Waals surface area contributed by atoms with E-state index >= 15 is 0 Å². The minimum Gasteiger partial charge on any atom is -0.381 e. The van der Waals surface area contributed by atoms with Crippen LogP contribution >= 0.6 is 0 Å². The summed E-state index contributed by atoms with van der Waals surface area (Å²) in [5, 5.41) is 0. The molecule has 2 aliphatic carbocycles. The first-order valence-corrected chi connectivity index (χ1v) is 9.49. The maximum absolute atomic E-state index is 5.47. The lowest BCUT2D eigenvalue weighted by Crippen LogP contribution is -2.31. The van der Waals surface area contributed by atoms with Crippen molar-refractivity contribution in [3.63, 3.8) is 0 Å². The van der Waals surface area contributed by atoms with Crippen LogP contribution in [0.15, 0.2) is 0 Å². The molecule has 0 aromatic rings. The SMILES string of the molecule is C1CCC2(CC1)CCC2.C1CCCCCOCCCC1. The summed E-state index contributed by atoms with van der Waals surface area (Å²) in [6.07, 6.45) is 23.4. The first kappa shape index (κ1) is 16.3. The van der Waals surface area contributed by atoms with Crippen molar-refractivity contribution >= 4 is 0 Å². The molecule has 3 aliphatic rings. The van der Waals surface area contributed by atoms with Crippen LogP contribution in [0.3, 0.4) is 0 Å². The Balaban J connectivity index is 0.000000149. The molecule has 1 saturated heterocycles. The van der Waals surface area contributed by atoms with E-state index in [2.05, 4.69) is 0 Å². The van der Waals surface area contributed by atoms with E-state index in [1.165, 1.54) is 77.0 Å². The molecule has 0 bridgehead atoms. The molecule has 1 heterocycles. The smallest absolute Gasteiger partial charge is 0.0466 e. The van der Waals surface area contributed by atoms with Crippen LogP contribution in [0.2, 0.25) is 0 Å². The van der Waals surface area contributed by atoms with Crippen molar-refractivity contribution < 1.29 is 4.74 Å². The molecular weight excluding hydrogens is 244 g/mol. The molecule has 20 heavy (non-hydrogen) atoms. The van der Waals surface area contributed by atoms with Gasteiger partial charge in [-0.1, -0.05) is 64.2 Å².